The van der Waals surface area contributed by atoms with E-state index in [0.717, 1.165) is 36.8 Å². The van der Waals surface area contributed by atoms with Crippen LogP contribution in [0.25, 0.3) is 0 Å². The minimum Gasteiger partial charge on any atom is -0.454 e. The maximum atomic E-state index is 14.9. The molecule has 2 aromatic carbocycles. The Labute approximate surface area is 202 Å². The monoisotopic (exact) mass is 475 g/mol. The first-order chi connectivity index (χ1) is 17.0. The van der Waals surface area contributed by atoms with E-state index in [1.165, 1.54) is 23.2 Å². The molecule has 0 spiro atoms. The van der Waals surface area contributed by atoms with E-state index in [-0.39, 0.29) is 17.0 Å². The zero-order valence-corrected chi connectivity index (χ0v) is 19.5. The normalized spacial score (nSPS) is 12.8. The number of hydrogen-bond acceptors (Lipinski definition) is 6. The summed E-state index contributed by atoms with van der Waals surface area (Å²) in [5.41, 5.74) is 4.37. The quantitative estimate of drug-likeness (QED) is 0.203. The zero-order valence-electron chi connectivity index (χ0n) is 19.5. The number of hydrazine groups is 1. The second-order valence-corrected chi connectivity index (χ2v) is 7.77. The summed E-state index contributed by atoms with van der Waals surface area (Å²) in [7, 11) is 1.58. The molecule has 4 rings (SSSR count). The van der Waals surface area contributed by atoms with Crippen LogP contribution in [0.4, 0.5) is 21.6 Å². The van der Waals surface area contributed by atoms with Gasteiger partial charge in [-0.3, -0.25) is 9.59 Å². The van der Waals surface area contributed by atoms with Gasteiger partial charge < -0.3 is 15.4 Å². The number of fused-ring (bicyclic) bond motifs is 1. The van der Waals surface area contributed by atoms with Crippen molar-refractivity contribution < 1.29 is 18.7 Å². The van der Waals surface area contributed by atoms with Crippen LogP contribution in [0.5, 0.6) is 11.5 Å². The molecule has 180 valence electrons. The smallest absolute Gasteiger partial charge is 0.277 e. The number of carbonyl (C=O) groups is 2. The van der Waals surface area contributed by atoms with Crippen molar-refractivity contribution in [1.29, 1.82) is 0 Å². The predicted molar refractivity (Wildman–Crippen MR) is 133 cm³/mol. The molecule has 0 saturated heterocycles. The van der Waals surface area contributed by atoms with Crippen LogP contribution in [0.15, 0.2) is 72.4 Å². The van der Waals surface area contributed by atoms with Crippen molar-refractivity contribution in [2.75, 3.05) is 29.2 Å². The third-order valence-electron chi connectivity index (χ3n) is 5.52. The molecule has 0 saturated carbocycles. The molecule has 35 heavy (non-hydrogen) atoms. The number of aromatic nitrogens is 1. The number of halogens is 1. The number of para-hydroxylation sites is 1. The van der Waals surface area contributed by atoms with Gasteiger partial charge >= 0.3 is 0 Å². The second kappa shape index (κ2) is 10.8. The molecule has 0 radical (unpaired) electrons. The lowest BCUT2D eigenvalue weighted by Crippen LogP contribution is -2.43. The number of hydrogen-bond donors (Lipinski definition) is 3. The maximum absolute atomic E-state index is 14.9. The summed E-state index contributed by atoms with van der Waals surface area (Å²) in [5, 5.41) is 7.06. The first-order valence-corrected chi connectivity index (χ1v) is 11.3. The van der Waals surface area contributed by atoms with Gasteiger partial charge in [0.05, 0.1) is 5.69 Å². The van der Waals surface area contributed by atoms with Gasteiger partial charge in [0.15, 0.2) is 11.6 Å². The maximum Gasteiger partial charge on any atom is 0.277 e. The van der Waals surface area contributed by atoms with Gasteiger partial charge in [-0.05, 0) is 50.1 Å². The lowest BCUT2D eigenvalue weighted by molar-refractivity contribution is -0.120. The van der Waals surface area contributed by atoms with Crippen molar-refractivity contribution in [2.45, 2.75) is 19.8 Å². The highest BCUT2D eigenvalue weighted by Crippen LogP contribution is 2.34. The molecule has 1 aliphatic heterocycles. The van der Waals surface area contributed by atoms with Crippen LogP contribution in [0.3, 0.4) is 0 Å². The number of nitrogens with one attached hydrogen (secondary N) is 3. The fourth-order valence-corrected chi connectivity index (χ4v) is 3.81. The molecule has 0 aliphatic carbocycles. The number of carbonyl (C=O) groups excluding carboxylic acids is 2. The Morgan fingerprint density at radius 2 is 1.94 bits per heavy atom. The minimum absolute atomic E-state index is 0.0229. The van der Waals surface area contributed by atoms with Crippen LogP contribution < -0.4 is 25.8 Å². The highest BCUT2D eigenvalue weighted by Gasteiger charge is 2.24. The van der Waals surface area contributed by atoms with Gasteiger partial charge in [-0.15, -0.1) is 0 Å². The number of rotatable bonds is 7. The summed E-state index contributed by atoms with van der Waals surface area (Å²) in [5.74, 6) is -0.548. The summed E-state index contributed by atoms with van der Waals surface area (Å²) < 4.78 is 20.7. The number of benzene rings is 2. The van der Waals surface area contributed by atoms with Gasteiger partial charge in [-0.25, -0.2) is 19.8 Å². The van der Waals surface area contributed by atoms with Crippen molar-refractivity contribution in [3.05, 3.63) is 83.8 Å². The number of amides is 2. The van der Waals surface area contributed by atoms with Crippen molar-refractivity contribution in [1.82, 2.24) is 10.4 Å². The summed E-state index contributed by atoms with van der Waals surface area (Å²) in [6.07, 6.45) is 4.75. The minimum atomic E-state index is -0.656. The number of anilines is 3. The number of nitrogens with zero attached hydrogens (tertiary/aromatic N) is 2. The molecule has 0 unspecified atom stereocenters. The summed E-state index contributed by atoms with van der Waals surface area (Å²) in [6.45, 7) is 2.42. The molecule has 2 heterocycles. The van der Waals surface area contributed by atoms with Gasteiger partial charge in [0, 0.05) is 37.1 Å². The van der Waals surface area contributed by atoms with Crippen molar-refractivity contribution in [3.63, 3.8) is 0 Å². The number of ether oxygens (including phenoxy) is 1. The van der Waals surface area contributed by atoms with Crippen LogP contribution in [0.2, 0.25) is 0 Å². The SMILES string of the molecule is C/C=C(\C(=O)Nc1ccc(Oc2ccnc3c2CCCN3)c(F)c1)C(=O)N(NC)c1ccccc1. The Morgan fingerprint density at radius 3 is 2.66 bits per heavy atom. The van der Waals surface area contributed by atoms with Crippen LogP contribution in [0, 0.1) is 5.82 Å². The third kappa shape index (κ3) is 5.30. The van der Waals surface area contributed by atoms with E-state index < -0.39 is 17.6 Å². The molecule has 0 atom stereocenters. The van der Waals surface area contributed by atoms with Gasteiger partial charge in [0.1, 0.15) is 17.1 Å². The molecule has 0 fully saturated rings. The van der Waals surface area contributed by atoms with Crippen molar-refractivity contribution in [3.8, 4) is 11.5 Å². The third-order valence-corrected chi connectivity index (χ3v) is 5.52. The summed E-state index contributed by atoms with van der Waals surface area (Å²) in [6, 6.07) is 14.7. The molecule has 9 heteroatoms. The van der Waals surface area contributed by atoms with Crippen LogP contribution in [0.1, 0.15) is 18.9 Å². The first-order valence-electron chi connectivity index (χ1n) is 11.3. The Balaban J connectivity index is 1.48. The number of allylic oxidation sites excluding steroid dienone is 1. The zero-order chi connectivity index (χ0) is 24.8. The number of pyridine rings is 1. The highest BCUT2D eigenvalue weighted by molar-refractivity contribution is 6.26. The van der Waals surface area contributed by atoms with E-state index >= 15 is 0 Å². The van der Waals surface area contributed by atoms with E-state index in [0.29, 0.717) is 11.4 Å². The molecular formula is C26H26FN5O3. The van der Waals surface area contributed by atoms with Crippen molar-refractivity contribution >= 4 is 29.0 Å². The van der Waals surface area contributed by atoms with E-state index in [1.54, 1.807) is 50.5 Å². The van der Waals surface area contributed by atoms with E-state index in [1.807, 2.05) is 6.07 Å². The van der Waals surface area contributed by atoms with Gasteiger partial charge in [-0.2, -0.15) is 0 Å². The Morgan fingerprint density at radius 1 is 1.14 bits per heavy atom. The topological polar surface area (TPSA) is 95.6 Å². The van der Waals surface area contributed by atoms with E-state index in [4.69, 9.17) is 4.74 Å². The molecule has 1 aromatic heterocycles. The van der Waals surface area contributed by atoms with Gasteiger partial charge in [0.25, 0.3) is 11.8 Å². The average Bonchev–Trinajstić information content (AvgIpc) is 2.87. The van der Waals surface area contributed by atoms with Crippen LogP contribution in [-0.2, 0) is 16.0 Å². The molecule has 3 N–H and O–H groups in total. The predicted octanol–water partition coefficient (Wildman–Crippen LogP) is 4.42. The Kier molecular flexibility index (Phi) is 7.37. The lowest BCUT2D eigenvalue weighted by atomic mass is 10.1. The lowest BCUT2D eigenvalue weighted by Gasteiger charge is -2.22. The van der Waals surface area contributed by atoms with Crippen molar-refractivity contribution in [2.24, 2.45) is 0 Å². The molecule has 0 bridgehead atoms. The van der Waals surface area contributed by atoms with E-state index in [2.05, 4.69) is 21.0 Å². The molecule has 8 nitrogen and oxygen atoms in total. The van der Waals surface area contributed by atoms with Crippen LogP contribution in [-0.4, -0.2) is 30.4 Å². The standard InChI is InChI=1S/C26H26FN5O3/c1-3-19(26(34)32(28-2)18-8-5-4-6-9-18)25(33)31-17-11-12-23(21(27)16-17)35-22-13-15-30-24-20(22)10-7-14-29-24/h3-6,8-9,11-13,15-16,28H,7,10,14H2,1-2H3,(H,29,30)(H,31,33)/b19-3+. The Bertz CT molecular complexity index is 1260. The molecular weight excluding hydrogens is 449 g/mol. The molecule has 2 amide bonds. The average molecular weight is 476 g/mol. The van der Waals surface area contributed by atoms with Crippen LogP contribution >= 0.6 is 0 Å². The highest BCUT2D eigenvalue weighted by atomic mass is 19.1. The van der Waals surface area contributed by atoms with Gasteiger partial charge in [-0.1, -0.05) is 24.3 Å². The summed E-state index contributed by atoms with van der Waals surface area (Å²) in [4.78, 5) is 30.2. The second-order valence-electron chi connectivity index (χ2n) is 7.77. The Hall–Kier alpha value is -4.24. The molecule has 3 aromatic rings. The fourth-order valence-electron chi connectivity index (χ4n) is 3.81. The first kappa shape index (κ1) is 23.9. The van der Waals surface area contributed by atoms with Gasteiger partial charge in [0.2, 0.25) is 0 Å². The fraction of sp³-hybridized carbons (Fsp3) is 0.192. The summed E-state index contributed by atoms with van der Waals surface area (Å²) >= 11 is 0. The van der Waals surface area contributed by atoms with E-state index in [9.17, 15) is 14.0 Å². The largest absolute Gasteiger partial charge is 0.454 e. The molecule has 1 aliphatic rings.